The molecule has 0 saturated carbocycles. The van der Waals surface area contributed by atoms with Crippen molar-refractivity contribution >= 4 is 23.2 Å². The van der Waals surface area contributed by atoms with E-state index in [1.807, 2.05) is 13.8 Å². The summed E-state index contributed by atoms with van der Waals surface area (Å²) in [7, 11) is 0. The highest BCUT2D eigenvalue weighted by atomic mass is 35.5. The van der Waals surface area contributed by atoms with E-state index in [-0.39, 0.29) is 16.0 Å². The van der Waals surface area contributed by atoms with Crippen LogP contribution in [-0.2, 0) is 0 Å². The van der Waals surface area contributed by atoms with Crippen LogP contribution >= 0.6 is 23.2 Å². The Morgan fingerprint density at radius 1 is 1.31 bits per heavy atom. The molecule has 1 saturated heterocycles. The highest BCUT2D eigenvalue weighted by Crippen LogP contribution is 2.33. The van der Waals surface area contributed by atoms with Gasteiger partial charge >= 0.3 is 0 Å². The van der Waals surface area contributed by atoms with Crippen molar-refractivity contribution in [3.05, 3.63) is 34.6 Å². The van der Waals surface area contributed by atoms with Crippen LogP contribution in [0.4, 0.5) is 4.39 Å². The minimum atomic E-state index is -0.523. The molecule has 1 fully saturated rings. The maximum atomic E-state index is 13.2. The van der Waals surface area contributed by atoms with Gasteiger partial charge < -0.3 is 5.32 Å². The molecule has 0 aliphatic carbocycles. The number of halogens is 3. The molecule has 1 atom stereocenters. The molecule has 0 spiro atoms. The van der Waals surface area contributed by atoms with Crippen LogP contribution in [0.1, 0.15) is 20.3 Å². The average Bonchev–Trinajstić information content (AvgIpc) is 2.73. The minimum Gasteiger partial charge on any atom is -0.316 e. The Hall–Kier alpha value is -0.310. The van der Waals surface area contributed by atoms with Gasteiger partial charge in [-0.1, -0.05) is 50.2 Å². The van der Waals surface area contributed by atoms with Crippen molar-refractivity contribution in [2.75, 3.05) is 13.1 Å². The zero-order valence-electron chi connectivity index (χ0n) is 9.75. The van der Waals surface area contributed by atoms with Gasteiger partial charge in [-0.05, 0) is 13.0 Å². The minimum absolute atomic E-state index is 0.0514. The van der Waals surface area contributed by atoms with Crippen LogP contribution in [0, 0.1) is 5.92 Å². The van der Waals surface area contributed by atoms with Gasteiger partial charge in [-0.25, -0.2) is 4.39 Å². The van der Waals surface area contributed by atoms with E-state index in [2.05, 4.69) is 18.5 Å². The van der Waals surface area contributed by atoms with Crippen molar-refractivity contribution in [3.63, 3.8) is 0 Å². The molecule has 1 unspecified atom stereocenters. The smallest absolute Gasteiger partial charge is 0.121 e. The first-order chi connectivity index (χ1) is 7.54. The summed E-state index contributed by atoms with van der Waals surface area (Å²) in [5, 5.41) is 3.48. The second kappa shape index (κ2) is 7.88. The van der Waals surface area contributed by atoms with E-state index in [0.717, 1.165) is 13.0 Å². The molecular weight excluding hydrogens is 248 g/mol. The lowest BCUT2D eigenvalue weighted by Crippen LogP contribution is -2.12. The second-order valence-electron chi connectivity index (χ2n) is 3.23. The standard InChI is InChI=1S/C10H12Cl2FN.C2H6/c1-6(11)10(12)9(7(2)13)8-3-4-14-5-8;1-2/h8,14H,1-5H2;1-2H3/b10-9-;. The van der Waals surface area contributed by atoms with E-state index < -0.39 is 5.83 Å². The normalized spacial score (nSPS) is 20.7. The van der Waals surface area contributed by atoms with Crippen molar-refractivity contribution < 1.29 is 4.39 Å². The number of hydrogen-bond acceptors (Lipinski definition) is 1. The molecule has 0 amide bonds. The SMILES string of the molecule is C=C(Cl)/C(Cl)=C(\C(=C)F)C1CCNC1.CC. The molecule has 92 valence electrons. The van der Waals surface area contributed by atoms with Gasteiger partial charge in [0.25, 0.3) is 0 Å². The molecule has 16 heavy (non-hydrogen) atoms. The summed E-state index contributed by atoms with van der Waals surface area (Å²) in [6.07, 6.45) is 0.846. The van der Waals surface area contributed by atoms with Crippen LogP contribution in [0.5, 0.6) is 0 Å². The van der Waals surface area contributed by atoms with Crippen LogP contribution in [0.3, 0.4) is 0 Å². The molecule has 1 heterocycles. The van der Waals surface area contributed by atoms with Crippen LogP contribution in [0.25, 0.3) is 0 Å². The summed E-state index contributed by atoms with van der Waals surface area (Å²) in [6.45, 7) is 12.3. The number of allylic oxidation sites excluding steroid dienone is 3. The molecule has 0 radical (unpaired) electrons. The molecule has 0 aromatic heterocycles. The Balaban J connectivity index is 0.00000106. The third-order valence-corrected chi connectivity index (χ3v) is 2.95. The van der Waals surface area contributed by atoms with E-state index in [4.69, 9.17) is 23.2 Å². The van der Waals surface area contributed by atoms with Gasteiger partial charge in [0, 0.05) is 18.0 Å². The molecule has 1 aliphatic heterocycles. The quantitative estimate of drug-likeness (QED) is 0.749. The lowest BCUT2D eigenvalue weighted by Gasteiger charge is -2.13. The first-order valence-electron chi connectivity index (χ1n) is 5.34. The second-order valence-corrected chi connectivity index (χ2v) is 4.06. The Kier molecular flexibility index (Phi) is 7.73. The Morgan fingerprint density at radius 2 is 1.88 bits per heavy atom. The van der Waals surface area contributed by atoms with Crippen LogP contribution in [-0.4, -0.2) is 13.1 Å². The van der Waals surface area contributed by atoms with Crippen LogP contribution in [0.2, 0.25) is 0 Å². The summed E-state index contributed by atoms with van der Waals surface area (Å²) in [5.41, 5.74) is 0.386. The largest absolute Gasteiger partial charge is 0.316 e. The molecule has 1 N–H and O–H groups in total. The van der Waals surface area contributed by atoms with Gasteiger partial charge in [-0.2, -0.15) is 0 Å². The van der Waals surface area contributed by atoms with E-state index in [1.54, 1.807) is 0 Å². The summed E-state index contributed by atoms with van der Waals surface area (Å²) in [4.78, 5) is 0. The lowest BCUT2D eigenvalue weighted by molar-refractivity contribution is 0.587. The highest BCUT2D eigenvalue weighted by molar-refractivity contribution is 6.44. The van der Waals surface area contributed by atoms with Gasteiger partial charge in [-0.15, -0.1) is 0 Å². The van der Waals surface area contributed by atoms with Crippen molar-refractivity contribution in [1.29, 1.82) is 0 Å². The van der Waals surface area contributed by atoms with Gasteiger partial charge in [0.05, 0.1) is 10.1 Å². The van der Waals surface area contributed by atoms with E-state index in [0.29, 0.717) is 12.1 Å². The van der Waals surface area contributed by atoms with Gasteiger partial charge in [0.15, 0.2) is 0 Å². The lowest BCUT2D eigenvalue weighted by atomic mass is 9.97. The molecule has 4 heteroatoms. The fourth-order valence-corrected chi connectivity index (χ4v) is 1.93. The van der Waals surface area contributed by atoms with Crippen molar-refractivity contribution in [2.24, 2.45) is 5.92 Å². The number of nitrogens with one attached hydrogen (secondary N) is 1. The fourth-order valence-electron chi connectivity index (χ4n) is 1.57. The van der Waals surface area contributed by atoms with Crippen LogP contribution < -0.4 is 5.32 Å². The number of rotatable bonds is 3. The Bertz CT molecular complexity index is 291. The predicted octanol–water partition coefficient (Wildman–Crippen LogP) is 4.35. The molecule has 0 aromatic rings. The first-order valence-corrected chi connectivity index (χ1v) is 6.09. The monoisotopic (exact) mass is 265 g/mol. The van der Waals surface area contributed by atoms with Gasteiger partial charge in [0.2, 0.25) is 0 Å². The summed E-state index contributed by atoms with van der Waals surface area (Å²) >= 11 is 11.5. The zero-order valence-corrected chi connectivity index (χ0v) is 11.3. The van der Waals surface area contributed by atoms with E-state index in [1.165, 1.54) is 0 Å². The van der Waals surface area contributed by atoms with E-state index in [9.17, 15) is 4.39 Å². The van der Waals surface area contributed by atoms with Crippen molar-refractivity contribution in [3.8, 4) is 0 Å². The summed E-state index contributed by atoms with van der Waals surface area (Å²) in [6, 6.07) is 0. The third kappa shape index (κ3) is 4.28. The zero-order chi connectivity index (χ0) is 12.7. The molecule has 1 rings (SSSR count). The highest BCUT2D eigenvalue weighted by Gasteiger charge is 2.24. The Labute approximate surface area is 107 Å². The van der Waals surface area contributed by atoms with Crippen LogP contribution in [0.15, 0.2) is 34.6 Å². The fraction of sp³-hybridized carbons (Fsp3) is 0.500. The van der Waals surface area contributed by atoms with Crippen molar-refractivity contribution in [1.82, 2.24) is 5.32 Å². The molecule has 1 nitrogen and oxygen atoms in total. The van der Waals surface area contributed by atoms with Gasteiger partial charge in [0.1, 0.15) is 5.83 Å². The molecule has 0 aromatic carbocycles. The maximum absolute atomic E-state index is 13.2. The molecule has 0 bridgehead atoms. The average molecular weight is 266 g/mol. The van der Waals surface area contributed by atoms with E-state index >= 15 is 0 Å². The van der Waals surface area contributed by atoms with Gasteiger partial charge in [-0.3, -0.25) is 0 Å². The molecular formula is C12H18Cl2FN. The topological polar surface area (TPSA) is 12.0 Å². The first kappa shape index (κ1) is 15.7. The Morgan fingerprint density at radius 3 is 2.19 bits per heavy atom. The molecule has 1 aliphatic rings. The van der Waals surface area contributed by atoms with Crippen molar-refractivity contribution in [2.45, 2.75) is 20.3 Å². The third-order valence-electron chi connectivity index (χ3n) is 2.24. The summed E-state index contributed by atoms with van der Waals surface area (Å²) < 4.78 is 13.2. The summed E-state index contributed by atoms with van der Waals surface area (Å²) in [5.74, 6) is -0.471. The number of hydrogen-bond donors (Lipinski definition) is 1. The predicted molar refractivity (Wildman–Crippen MR) is 70.4 cm³/mol. The maximum Gasteiger partial charge on any atom is 0.121 e.